The summed E-state index contributed by atoms with van der Waals surface area (Å²) in [5.41, 5.74) is 0.444. The van der Waals surface area contributed by atoms with Crippen LogP contribution >= 0.6 is 0 Å². The Morgan fingerprint density at radius 1 is 1.28 bits per heavy atom. The number of nitrogens with zero attached hydrogens (tertiary/aromatic N) is 2. The van der Waals surface area contributed by atoms with Crippen molar-refractivity contribution in [3.8, 4) is 5.75 Å². The number of nitro groups is 1. The summed E-state index contributed by atoms with van der Waals surface area (Å²) in [6, 6.07) is 8.86. The molecule has 0 radical (unpaired) electrons. The quantitative estimate of drug-likeness (QED) is 0.474. The van der Waals surface area contributed by atoms with Crippen LogP contribution in [0.5, 0.6) is 5.75 Å². The number of halogens is 1. The van der Waals surface area contributed by atoms with E-state index in [1.807, 2.05) is 0 Å². The van der Waals surface area contributed by atoms with Crippen molar-refractivity contribution in [1.82, 2.24) is 4.98 Å². The molecule has 0 aliphatic heterocycles. The number of ether oxygens (including phenoxy) is 1. The lowest BCUT2D eigenvalue weighted by atomic mass is 10.2. The number of aromatic nitrogens is 1. The molecule has 1 heterocycles. The molecule has 0 N–H and O–H groups in total. The Hall–Kier alpha value is -2.50. The fourth-order valence-corrected chi connectivity index (χ4v) is 1.42. The predicted molar refractivity (Wildman–Crippen MR) is 61.6 cm³/mol. The minimum absolute atomic E-state index is 0.00688. The van der Waals surface area contributed by atoms with E-state index in [-0.39, 0.29) is 12.3 Å². The average molecular weight is 248 g/mol. The van der Waals surface area contributed by atoms with Crippen molar-refractivity contribution < 1.29 is 14.1 Å². The zero-order chi connectivity index (χ0) is 13.0. The molecule has 18 heavy (non-hydrogen) atoms. The molecular weight excluding hydrogens is 239 g/mol. The third kappa shape index (κ3) is 2.79. The monoisotopic (exact) mass is 248 g/mol. The highest BCUT2D eigenvalue weighted by molar-refractivity contribution is 5.39. The van der Waals surface area contributed by atoms with Crippen LogP contribution in [-0.4, -0.2) is 9.91 Å². The molecule has 2 rings (SSSR count). The molecule has 0 saturated heterocycles. The minimum Gasteiger partial charge on any atom is -0.487 e. The molecule has 2 aromatic rings. The van der Waals surface area contributed by atoms with Gasteiger partial charge in [-0.15, -0.1) is 0 Å². The number of nitro benzene ring substituents is 1. The average Bonchev–Trinajstić information content (AvgIpc) is 2.38. The van der Waals surface area contributed by atoms with E-state index in [1.54, 1.807) is 18.2 Å². The summed E-state index contributed by atoms with van der Waals surface area (Å²) >= 11 is 0. The van der Waals surface area contributed by atoms with Crippen LogP contribution in [0.15, 0.2) is 42.6 Å². The van der Waals surface area contributed by atoms with E-state index >= 15 is 0 Å². The van der Waals surface area contributed by atoms with Gasteiger partial charge in [0.1, 0.15) is 12.4 Å². The molecule has 0 unspecified atom stereocenters. The van der Waals surface area contributed by atoms with E-state index in [4.69, 9.17) is 4.74 Å². The molecule has 0 saturated carbocycles. The molecule has 6 heteroatoms. The standard InChI is InChI=1S/C12H9FN2O3/c13-12-6-5-10(7-14-12)18-8-9-3-1-2-4-11(9)15(16)17/h1-7H,8H2. The van der Waals surface area contributed by atoms with Crippen LogP contribution in [0.4, 0.5) is 10.1 Å². The van der Waals surface area contributed by atoms with Crippen molar-refractivity contribution >= 4 is 5.69 Å². The topological polar surface area (TPSA) is 65.3 Å². The summed E-state index contributed by atoms with van der Waals surface area (Å²) in [5.74, 6) is -0.248. The fraction of sp³-hybridized carbons (Fsp3) is 0.0833. The van der Waals surface area contributed by atoms with Gasteiger partial charge in [0.15, 0.2) is 0 Å². The maximum atomic E-state index is 12.6. The molecule has 0 atom stereocenters. The lowest BCUT2D eigenvalue weighted by Gasteiger charge is -2.06. The van der Waals surface area contributed by atoms with Gasteiger partial charge in [-0.05, 0) is 18.2 Å². The second kappa shape index (κ2) is 5.22. The lowest BCUT2D eigenvalue weighted by molar-refractivity contribution is -0.385. The first-order chi connectivity index (χ1) is 8.66. The molecule has 0 aliphatic carbocycles. The number of pyridine rings is 1. The van der Waals surface area contributed by atoms with Crippen molar-refractivity contribution in [2.45, 2.75) is 6.61 Å². The van der Waals surface area contributed by atoms with E-state index in [0.29, 0.717) is 11.3 Å². The highest BCUT2D eigenvalue weighted by Gasteiger charge is 2.12. The summed E-state index contributed by atoms with van der Waals surface area (Å²) in [6.45, 7) is 0.0322. The lowest BCUT2D eigenvalue weighted by Crippen LogP contribution is -2.00. The second-order valence-corrected chi connectivity index (χ2v) is 3.49. The third-order valence-corrected chi connectivity index (χ3v) is 2.28. The Bertz CT molecular complexity index is 558. The summed E-state index contributed by atoms with van der Waals surface area (Å²) in [7, 11) is 0. The van der Waals surface area contributed by atoms with Crippen molar-refractivity contribution in [1.29, 1.82) is 0 Å². The Labute approximate surface area is 102 Å². The smallest absolute Gasteiger partial charge is 0.276 e. The first kappa shape index (κ1) is 12.0. The van der Waals surface area contributed by atoms with Gasteiger partial charge in [0, 0.05) is 6.07 Å². The molecule has 0 aliphatic rings. The first-order valence-electron chi connectivity index (χ1n) is 5.13. The van der Waals surface area contributed by atoms with E-state index in [0.717, 1.165) is 6.07 Å². The second-order valence-electron chi connectivity index (χ2n) is 3.49. The maximum Gasteiger partial charge on any atom is 0.276 e. The molecule has 0 bridgehead atoms. The van der Waals surface area contributed by atoms with Crippen LogP contribution in [-0.2, 0) is 6.61 Å². The van der Waals surface area contributed by atoms with Crippen LogP contribution in [0.2, 0.25) is 0 Å². The van der Waals surface area contributed by atoms with Crippen LogP contribution in [0.25, 0.3) is 0 Å². The van der Waals surface area contributed by atoms with Gasteiger partial charge >= 0.3 is 0 Å². The van der Waals surface area contributed by atoms with Gasteiger partial charge in [0.25, 0.3) is 5.69 Å². The third-order valence-electron chi connectivity index (χ3n) is 2.28. The largest absolute Gasteiger partial charge is 0.487 e. The SMILES string of the molecule is O=[N+]([O-])c1ccccc1COc1ccc(F)nc1. The fourth-order valence-electron chi connectivity index (χ4n) is 1.42. The summed E-state index contributed by atoms with van der Waals surface area (Å²) in [4.78, 5) is 13.7. The summed E-state index contributed by atoms with van der Waals surface area (Å²) in [6.07, 6.45) is 1.23. The summed E-state index contributed by atoms with van der Waals surface area (Å²) < 4.78 is 17.9. The minimum atomic E-state index is -0.604. The number of hydrogen-bond donors (Lipinski definition) is 0. The molecule has 92 valence electrons. The highest BCUT2D eigenvalue weighted by Crippen LogP contribution is 2.19. The van der Waals surface area contributed by atoms with Crippen LogP contribution in [0.3, 0.4) is 0 Å². The Balaban J connectivity index is 2.10. The van der Waals surface area contributed by atoms with Gasteiger partial charge < -0.3 is 4.74 Å². The molecule has 1 aromatic carbocycles. The van der Waals surface area contributed by atoms with Crippen molar-refractivity contribution in [2.75, 3.05) is 0 Å². The Morgan fingerprint density at radius 3 is 2.72 bits per heavy atom. The van der Waals surface area contributed by atoms with Gasteiger partial charge in [-0.3, -0.25) is 10.1 Å². The van der Waals surface area contributed by atoms with Gasteiger partial charge in [0.2, 0.25) is 5.95 Å². The van der Waals surface area contributed by atoms with Crippen molar-refractivity contribution in [3.63, 3.8) is 0 Å². The summed E-state index contributed by atoms with van der Waals surface area (Å²) in [5, 5.41) is 10.8. The molecule has 1 aromatic heterocycles. The Kier molecular flexibility index (Phi) is 3.47. The first-order valence-corrected chi connectivity index (χ1v) is 5.13. The zero-order valence-electron chi connectivity index (χ0n) is 9.25. The molecule has 0 amide bonds. The Morgan fingerprint density at radius 2 is 2.06 bits per heavy atom. The van der Waals surface area contributed by atoms with E-state index in [1.165, 1.54) is 18.3 Å². The number of hydrogen-bond acceptors (Lipinski definition) is 4. The van der Waals surface area contributed by atoms with E-state index < -0.39 is 10.9 Å². The molecule has 0 spiro atoms. The predicted octanol–water partition coefficient (Wildman–Crippen LogP) is 2.71. The van der Waals surface area contributed by atoms with Crippen molar-refractivity contribution in [3.05, 3.63) is 64.2 Å². The van der Waals surface area contributed by atoms with Crippen LogP contribution in [0.1, 0.15) is 5.56 Å². The maximum absolute atomic E-state index is 12.6. The number of rotatable bonds is 4. The zero-order valence-corrected chi connectivity index (χ0v) is 9.25. The van der Waals surface area contributed by atoms with Gasteiger partial charge in [-0.25, -0.2) is 4.98 Å². The number of para-hydroxylation sites is 1. The van der Waals surface area contributed by atoms with E-state index in [9.17, 15) is 14.5 Å². The van der Waals surface area contributed by atoms with Gasteiger partial charge in [-0.1, -0.05) is 12.1 Å². The normalized spacial score (nSPS) is 10.1. The van der Waals surface area contributed by atoms with Crippen LogP contribution < -0.4 is 4.74 Å². The molecule has 5 nitrogen and oxygen atoms in total. The number of benzene rings is 1. The van der Waals surface area contributed by atoms with Gasteiger partial charge in [0.05, 0.1) is 16.7 Å². The van der Waals surface area contributed by atoms with Crippen LogP contribution in [0, 0.1) is 16.1 Å². The molecule has 0 fully saturated rings. The van der Waals surface area contributed by atoms with E-state index in [2.05, 4.69) is 4.98 Å². The van der Waals surface area contributed by atoms with Gasteiger partial charge in [-0.2, -0.15) is 4.39 Å². The highest BCUT2D eigenvalue weighted by atomic mass is 19.1. The van der Waals surface area contributed by atoms with Crippen molar-refractivity contribution in [2.24, 2.45) is 0 Å². The molecular formula is C12H9FN2O3.